The normalized spacial score (nSPS) is 23.0. The number of sulfone groups is 1. The molecule has 2 rings (SSSR count). The van der Waals surface area contributed by atoms with Gasteiger partial charge in [-0.15, -0.1) is 0 Å². The minimum atomic E-state index is -3.08. The van der Waals surface area contributed by atoms with Crippen LogP contribution in [0.15, 0.2) is 4.99 Å². The van der Waals surface area contributed by atoms with Crippen LogP contribution in [-0.4, -0.2) is 85.6 Å². The van der Waals surface area contributed by atoms with E-state index in [2.05, 4.69) is 10.2 Å². The molecule has 0 aromatic heterocycles. The molecule has 1 N–H and O–H groups in total. The van der Waals surface area contributed by atoms with E-state index in [0.717, 1.165) is 25.3 Å². The highest BCUT2D eigenvalue weighted by molar-refractivity contribution is 7.92. The summed E-state index contributed by atoms with van der Waals surface area (Å²) >= 11 is 0. The van der Waals surface area contributed by atoms with E-state index in [0.29, 0.717) is 38.6 Å². The van der Waals surface area contributed by atoms with Crippen molar-refractivity contribution >= 4 is 21.9 Å². The molecule has 9 heteroatoms. The fourth-order valence-electron chi connectivity index (χ4n) is 3.59. The fourth-order valence-corrected chi connectivity index (χ4v) is 4.96. The Kier molecular flexibility index (Phi) is 7.46. The highest BCUT2D eigenvalue weighted by Crippen LogP contribution is 2.24. The van der Waals surface area contributed by atoms with Crippen LogP contribution in [0.1, 0.15) is 54.4 Å². The van der Waals surface area contributed by atoms with Gasteiger partial charge >= 0.3 is 6.09 Å². The fraction of sp³-hybridized carbons (Fsp3) is 0.900. The number of piperidine rings is 1. The van der Waals surface area contributed by atoms with Gasteiger partial charge in [-0.2, -0.15) is 0 Å². The maximum absolute atomic E-state index is 12.3. The molecule has 2 saturated heterocycles. The van der Waals surface area contributed by atoms with Crippen molar-refractivity contribution < 1.29 is 17.9 Å². The van der Waals surface area contributed by atoms with Crippen LogP contribution in [0.5, 0.6) is 0 Å². The van der Waals surface area contributed by atoms with Gasteiger partial charge in [-0.1, -0.05) is 0 Å². The first-order valence-corrected chi connectivity index (χ1v) is 12.2. The van der Waals surface area contributed by atoms with Crippen LogP contribution < -0.4 is 5.32 Å². The summed E-state index contributed by atoms with van der Waals surface area (Å²) in [5.41, 5.74) is -0.478. The van der Waals surface area contributed by atoms with E-state index in [9.17, 15) is 13.2 Å². The lowest BCUT2D eigenvalue weighted by Crippen LogP contribution is -2.57. The molecule has 2 fully saturated rings. The molecule has 29 heavy (non-hydrogen) atoms. The predicted octanol–water partition coefficient (Wildman–Crippen LogP) is 2.11. The minimum Gasteiger partial charge on any atom is -0.444 e. The molecule has 8 nitrogen and oxygen atoms in total. The van der Waals surface area contributed by atoms with Gasteiger partial charge in [0.25, 0.3) is 0 Å². The van der Waals surface area contributed by atoms with Gasteiger partial charge < -0.3 is 19.9 Å². The van der Waals surface area contributed by atoms with E-state index < -0.39 is 20.2 Å². The van der Waals surface area contributed by atoms with Gasteiger partial charge in [0.15, 0.2) is 15.8 Å². The molecular weight excluding hydrogens is 392 g/mol. The molecule has 0 saturated carbocycles. The third-order valence-electron chi connectivity index (χ3n) is 5.44. The van der Waals surface area contributed by atoms with E-state index in [-0.39, 0.29) is 11.8 Å². The summed E-state index contributed by atoms with van der Waals surface area (Å²) in [6, 6.07) is 0. The number of hydrogen-bond donors (Lipinski definition) is 1. The first kappa shape index (κ1) is 23.8. The van der Waals surface area contributed by atoms with Crippen molar-refractivity contribution in [3.05, 3.63) is 0 Å². The van der Waals surface area contributed by atoms with Gasteiger partial charge in [0.05, 0.1) is 10.5 Å². The zero-order valence-electron chi connectivity index (χ0n) is 18.8. The molecule has 0 unspecified atom stereocenters. The number of likely N-dealkylation sites (tertiary alicyclic amines) is 1. The number of guanidine groups is 1. The largest absolute Gasteiger partial charge is 0.444 e. The Balaban J connectivity index is 1.93. The topological polar surface area (TPSA) is 91.3 Å². The second-order valence-electron chi connectivity index (χ2n) is 9.61. The van der Waals surface area contributed by atoms with E-state index in [4.69, 9.17) is 9.73 Å². The number of ether oxygens (including phenoxy) is 1. The Bertz CT molecular complexity index is 704. The highest BCUT2D eigenvalue weighted by Gasteiger charge is 2.41. The number of nitrogens with zero attached hydrogens (tertiary/aromatic N) is 3. The Morgan fingerprint density at radius 3 is 2.31 bits per heavy atom. The molecular formula is C20H38N4O4S. The van der Waals surface area contributed by atoms with E-state index in [1.807, 2.05) is 27.7 Å². The summed E-state index contributed by atoms with van der Waals surface area (Å²) in [5.74, 6) is 1.34. The first-order valence-electron chi connectivity index (χ1n) is 10.6. The number of carbonyl (C=O) groups is 1. The molecule has 2 aliphatic rings. The Labute approximate surface area is 176 Å². The van der Waals surface area contributed by atoms with Crippen LogP contribution in [0, 0.1) is 5.92 Å². The summed E-state index contributed by atoms with van der Waals surface area (Å²) in [7, 11) is -3.08. The van der Waals surface area contributed by atoms with Gasteiger partial charge in [-0.3, -0.25) is 4.99 Å². The van der Waals surface area contributed by atoms with Crippen LogP contribution in [0.4, 0.5) is 4.79 Å². The Morgan fingerprint density at radius 2 is 1.79 bits per heavy atom. The van der Waals surface area contributed by atoms with Gasteiger partial charge in [0.2, 0.25) is 0 Å². The molecule has 0 aromatic carbocycles. The van der Waals surface area contributed by atoms with Crippen molar-refractivity contribution in [2.24, 2.45) is 10.9 Å². The maximum atomic E-state index is 12.3. The van der Waals surface area contributed by atoms with Crippen molar-refractivity contribution in [2.45, 2.75) is 64.7 Å². The van der Waals surface area contributed by atoms with Gasteiger partial charge in [-0.05, 0) is 60.3 Å². The summed E-state index contributed by atoms with van der Waals surface area (Å²) in [6.07, 6.45) is 1.54. The number of carbonyl (C=O) groups excluding carboxylic acids is 1. The molecule has 0 radical (unpaired) electrons. The second-order valence-corrected chi connectivity index (χ2v) is 12.3. The lowest BCUT2D eigenvalue weighted by Gasteiger charge is -2.39. The minimum absolute atomic E-state index is 0.151. The van der Waals surface area contributed by atoms with Crippen LogP contribution >= 0.6 is 0 Å². The van der Waals surface area contributed by atoms with E-state index >= 15 is 0 Å². The zero-order chi connectivity index (χ0) is 21.9. The first-order chi connectivity index (χ1) is 13.3. The number of rotatable bonds is 3. The second kappa shape index (κ2) is 9.10. The molecule has 1 amide bonds. The van der Waals surface area contributed by atoms with Crippen molar-refractivity contribution in [3.63, 3.8) is 0 Å². The average Bonchev–Trinajstić information content (AvgIpc) is 2.60. The van der Waals surface area contributed by atoms with E-state index in [1.165, 1.54) is 0 Å². The summed E-state index contributed by atoms with van der Waals surface area (Å²) < 4.78 is 29.2. The SMILES string of the molecule is CCNC(=NCC1CCN(C(=O)OC(C)(C)C)CC1)N1CCS(=O)(=O)C(C)(C)C1. The third-order valence-corrected chi connectivity index (χ3v) is 7.98. The molecule has 0 spiro atoms. The molecule has 0 aliphatic carbocycles. The molecule has 2 heterocycles. The number of nitrogens with one attached hydrogen (secondary N) is 1. The predicted molar refractivity (Wildman–Crippen MR) is 116 cm³/mol. The van der Waals surface area contributed by atoms with Crippen LogP contribution in [0.3, 0.4) is 0 Å². The summed E-state index contributed by atoms with van der Waals surface area (Å²) in [5, 5.41) is 3.31. The smallest absolute Gasteiger partial charge is 0.410 e. The highest BCUT2D eigenvalue weighted by atomic mass is 32.2. The molecule has 0 atom stereocenters. The average molecular weight is 431 g/mol. The number of aliphatic imine (C=N–C) groups is 1. The zero-order valence-corrected chi connectivity index (χ0v) is 19.6. The quantitative estimate of drug-likeness (QED) is 0.545. The summed E-state index contributed by atoms with van der Waals surface area (Å²) in [6.45, 7) is 14.9. The summed E-state index contributed by atoms with van der Waals surface area (Å²) in [4.78, 5) is 20.8. The number of hydrogen-bond acceptors (Lipinski definition) is 5. The molecule has 0 bridgehead atoms. The van der Waals surface area contributed by atoms with Gasteiger partial charge in [0.1, 0.15) is 5.60 Å². The Morgan fingerprint density at radius 1 is 1.17 bits per heavy atom. The van der Waals surface area contributed by atoms with Crippen molar-refractivity contribution in [2.75, 3.05) is 45.0 Å². The van der Waals surface area contributed by atoms with Crippen molar-refractivity contribution in [1.29, 1.82) is 0 Å². The third kappa shape index (κ3) is 6.49. The van der Waals surface area contributed by atoms with Crippen molar-refractivity contribution in [3.8, 4) is 0 Å². The van der Waals surface area contributed by atoms with Gasteiger partial charge in [0, 0.05) is 39.3 Å². The van der Waals surface area contributed by atoms with E-state index in [1.54, 1.807) is 18.7 Å². The molecule has 2 aliphatic heterocycles. The Hall–Kier alpha value is -1.51. The van der Waals surface area contributed by atoms with Crippen LogP contribution in [-0.2, 0) is 14.6 Å². The monoisotopic (exact) mass is 430 g/mol. The standard InChI is InChI=1S/C20H38N4O4S/c1-7-21-17(24-12-13-29(26,27)20(5,6)15-24)22-14-16-8-10-23(11-9-16)18(25)28-19(2,3)4/h16H,7-15H2,1-6H3,(H,21,22). The lowest BCUT2D eigenvalue weighted by atomic mass is 9.97. The van der Waals surface area contributed by atoms with Gasteiger partial charge in [-0.25, -0.2) is 13.2 Å². The van der Waals surface area contributed by atoms with Crippen LogP contribution in [0.2, 0.25) is 0 Å². The maximum Gasteiger partial charge on any atom is 0.410 e. The number of amides is 1. The molecule has 168 valence electrons. The van der Waals surface area contributed by atoms with Crippen LogP contribution in [0.25, 0.3) is 0 Å². The molecule has 0 aromatic rings. The lowest BCUT2D eigenvalue weighted by molar-refractivity contribution is 0.0187. The van der Waals surface area contributed by atoms with Crippen molar-refractivity contribution in [1.82, 2.24) is 15.1 Å².